The minimum Gasteiger partial charge on any atom is -0.338 e. The van der Waals surface area contributed by atoms with E-state index in [2.05, 4.69) is 59.9 Å². The first-order chi connectivity index (χ1) is 13.1. The Hall–Kier alpha value is -2.08. The van der Waals surface area contributed by atoms with E-state index in [9.17, 15) is 4.79 Å². The van der Waals surface area contributed by atoms with Crippen LogP contribution in [0, 0.1) is 12.8 Å². The number of benzene rings is 1. The maximum absolute atomic E-state index is 13.1. The van der Waals surface area contributed by atoms with Gasteiger partial charge < -0.3 is 9.80 Å². The van der Waals surface area contributed by atoms with E-state index in [0.717, 1.165) is 37.9 Å². The van der Waals surface area contributed by atoms with Crippen LogP contribution >= 0.6 is 11.8 Å². The Morgan fingerprint density at radius 3 is 2.37 bits per heavy atom. The maximum Gasteiger partial charge on any atom is 0.236 e. The topological polar surface area (TPSA) is 49.3 Å². The molecule has 2 heterocycles. The fourth-order valence-electron chi connectivity index (χ4n) is 3.26. The van der Waals surface area contributed by atoms with Crippen molar-refractivity contribution in [2.24, 2.45) is 5.92 Å². The summed E-state index contributed by atoms with van der Waals surface area (Å²) in [5, 5.41) is -0.0101. The molecule has 1 saturated heterocycles. The predicted octanol–water partition coefficient (Wildman–Crippen LogP) is 3.39. The summed E-state index contributed by atoms with van der Waals surface area (Å²) in [6.07, 6.45) is 3.52. The Labute approximate surface area is 166 Å². The molecule has 3 rings (SSSR count). The second-order valence-electron chi connectivity index (χ2n) is 7.26. The van der Waals surface area contributed by atoms with E-state index in [1.165, 1.54) is 11.1 Å². The van der Waals surface area contributed by atoms with Crippen LogP contribution in [0.3, 0.4) is 0 Å². The lowest BCUT2D eigenvalue weighted by molar-refractivity contribution is -0.131. The van der Waals surface area contributed by atoms with Crippen LogP contribution in [0.25, 0.3) is 0 Å². The highest BCUT2D eigenvalue weighted by atomic mass is 32.2. The number of aryl methyl sites for hydroxylation is 1. The van der Waals surface area contributed by atoms with E-state index >= 15 is 0 Å². The fraction of sp³-hybridized carbons (Fsp3) is 0.476. The van der Waals surface area contributed by atoms with Crippen LogP contribution in [0.5, 0.6) is 0 Å². The Kier molecular flexibility index (Phi) is 6.72. The molecule has 1 aliphatic heterocycles. The van der Waals surface area contributed by atoms with Crippen molar-refractivity contribution in [2.75, 3.05) is 31.1 Å². The summed E-state index contributed by atoms with van der Waals surface area (Å²) in [4.78, 5) is 25.9. The first-order valence-corrected chi connectivity index (χ1v) is 10.6. The molecule has 1 amide bonds. The van der Waals surface area contributed by atoms with Gasteiger partial charge in [-0.15, -0.1) is 11.8 Å². The number of piperazine rings is 1. The number of carbonyl (C=O) groups excluding carboxylic acids is 1. The lowest BCUT2D eigenvalue weighted by atomic mass is 10.1. The number of thioether (sulfide) groups is 1. The zero-order chi connectivity index (χ0) is 19.2. The number of hydrogen-bond acceptors (Lipinski definition) is 5. The molecule has 1 unspecified atom stereocenters. The molecule has 1 atom stereocenters. The van der Waals surface area contributed by atoms with Gasteiger partial charge in [-0.25, -0.2) is 9.97 Å². The van der Waals surface area contributed by atoms with Crippen LogP contribution in [0.2, 0.25) is 0 Å². The van der Waals surface area contributed by atoms with Gasteiger partial charge in [-0.1, -0.05) is 38.1 Å². The summed E-state index contributed by atoms with van der Waals surface area (Å²) in [7, 11) is 0. The van der Waals surface area contributed by atoms with Crippen molar-refractivity contribution in [1.82, 2.24) is 14.9 Å². The van der Waals surface area contributed by atoms with E-state index in [1.54, 1.807) is 24.2 Å². The molecular weight excluding hydrogens is 356 g/mol. The maximum atomic E-state index is 13.1. The van der Waals surface area contributed by atoms with Crippen molar-refractivity contribution in [1.29, 1.82) is 0 Å². The lowest BCUT2D eigenvalue weighted by Crippen LogP contribution is -2.52. The minimum absolute atomic E-state index is 0.0101. The minimum atomic E-state index is -0.0101. The third-order valence-corrected chi connectivity index (χ3v) is 6.54. The SMILES string of the molecule is Cc1ccccc1CSC(C(=O)N1CCN(c2ncccn2)CC1)C(C)C. The number of rotatable bonds is 6. The average molecular weight is 385 g/mol. The number of anilines is 1. The van der Waals surface area contributed by atoms with E-state index in [4.69, 9.17) is 0 Å². The van der Waals surface area contributed by atoms with Crippen molar-refractivity contribution in [3.8, 4) is 0 Å². The third kappa shape index (κ3) is 5.01. The molecule has 2 aromatic rings. The molecule has 1 aromatic heterocycles. The molecule has 0 spiro atoms. The van der Waals surface area contributed by atoms with Crippen molar-refractivity contribution in [2.45, 2.75) is 31.8 Å². The molecule has 0 bridgehead atoms. The van der Waals surface area contributed by atoms with Gasteiger partial charge in [0, 0.05) is 44.3 Å². The first-order valence-electron chi connectivity index (χ1n) is 9.53. The molecule has 0 aliphatic carbocycles. The zero-order valence-electron chi connectivity index (χ0n) is 16.3. The number of amides is 1. The molecule has 5 nitrogen and oxygen atoms in total. The van der Waals surface area contributed by atoms with Crippen molar-refractivity contribution < 1.29 is 4.79 Å². The van der Waals surface area contributed by atoms with Gasteiger partial charge in [0.2, 0.25) is 11.9 Å². The molecular formula is C21H28N4OS. The van der Waals surface area contributed by atoms with Gasteiger partial charge in [0.05, 0.1) is 5.25 Å². The van der Waals surface area contributed by atoms with E-state index in [0.29, 0.717) is 5.92 Å². The average Bonchev–Trinajstić information content (AvgIpc) is 2.70. The molecule has 0 saturated carbocycles. The Morgan fingerprint density at radius 2 is 1.74 bits per heavy atom. The second kappa shape index (κ2) is 9.22. The largest absolute Gasteiger partial charge is 0.338 e. The standard InChI is InChI=1S/C21H28N4OS/c1-16(2)19(27-15-18-8-5-4-7-17(18)3)20(26)24-11-13-25(14-12-24)21-22-9-6-10-23-21/h4-10,16,19H,11-15H2,1-3H3. The number of carbonyl (C=O) groups is 1. The van der Waals surface area contributed by atoms with Gasteiger partial charge in [-0.3, -0.25) is 4.79 Å². The monoisotopic (exact) mass is 384 g/mol. The summed E-state index contributed by atoms with van der Waals surface area (Å²) < 4.78 is 0. The van der Waals surface area contributed by atoms with Gasteiger partial charge in [-0.05, 0) is 30.0 Å². The highest BCUT2D eigenvalue weighted by Crippen LogP contribution is 2.27. The normalized spacial score (nSPS) is 15.9. The molecule has 1 aliphatic rings. The van der Waals surface area contributed by atoms with E-state index in [-0.39, 0.29) is 11.2 Å². The Bertz CT molecular complexity index is 745. The van der Waals surface area contributed by atoms with Crippen LogP contribution in [0.15, 0.2) is 42.7 Å². The van der Waals surface area contributed by atoms with Crippen LogP contribution in [0.1, 0.15) is 25.0 Å². The van der Waals surface area contributed by atoms with Gasteiger partial charge in [-0.2, -0.15) is 0 Å². The van der Waals surface area contributed by atoms with Crippen LogP contribution in [-0.4, -0.2) is 52.2 Å². The molecule has 144 valence electrons. The highest BCUT2D eigenvalue weighted by molar-refractivity contribution is 7.99. The number of hydrogen-bond donors (Lipinski definition) is 0. The van der Waals surface area contributed by atoms with E-state index < -0.39 is 0 Å². The molecule has 6 heteroatoms. The summed E-state index contributed by atoms with van der Waals surface area (Å²) in [6.45, 7) is 9.43. The summed E-state index contributed by atoms with van der Waals surface area (Å²) in [5.74, 6) is 2.19. The van der Waals surface area contributed by atoms with Crippen LogP contribution in [-0.2, 0) is 10.5 Å². The quantitative estimate of drug-likeness (QED) is 0.764. The van der Waals surface area contributed by atoms with Gasteiger partial charge in [0.25, 0.3) is 0 Å². The predicted molar refractivity (Wildman–Crippen MR) is 112 cm³/mol. The van der Waals surface area contributed by atoms with Crippen molar-refractivity contribution >= 4 is 23.6 Å². The fourth-order valence-corrected chi connectivity index (χ4v) is 4.62. The Morgan fingerprint density at radius 1 is 1.07 bits per heavy atom. The zero-order valence-corrected chi connectivity index (χ0v) is 17.2. The summed E-state index contributed by atoms with van der Waals surface area (Å²) in [6, 6.07) is 10.2. The van der Waals surface area contributed by atoms with E-state index in [1.807, 2.05) is 11.0 Å². The Balaban J connectivity index is 1.58. The highest BCUT2D eigenvalue weighted by Gasteiger charge is 2.30. The third-order valence-electron chi connectivity index (χ3n) is 4.95. The molecule has 0 N–H and O–H groups in total. The summed E-state index contributed by atoms with van der Waals surface area (Å²) >= 11 is 1.77. The van der Waals surface area contributed by atoms with Crippen LogP contribution in [0.4, 0.5) is 5.95 Å². The molecule has 27 heavy (non-hydrogen) atoms. The second-order valence-corrected chi connectivity index (χ2v) is 8.39. The number of aromatic nitrogens is 2. The summed E-state index contributed by atoms with van der Waals surface area (Å²) in [5.41, 5.74) is 2.60. The lowest BCUT2D eigenvalue weighted by Gasteiger charge is -2.37. The molecule has 1 aromatic carbocycles. The first kappa shape index (κ1) is 19.7. The van der Waals surface area contributed by atoms with Crippen molar-refractivity contribution in [3.05, 3.63) is 53.9 Å². The van der Waals surface area contributed by atoms with Crippen LogP contribution < -0.4 is 4.90 Å². The van der Waals surface area contributed by atoms with Gasteiger partial charge in [0.15, 0.2) is 0 Å². The van der Waals surface area contributed by atoms with Crippen molar-refractivity contribution in [3.63, 3.8) is 0 Å². The molecule has 1 fully saturated rings. The smallest absolute Gasteiger partial charge is 0.236 e. The molecule has 0 radical (unpaired) electrons. The van der Waals surface area contributed by atoms with Gasteiger partial charge >= 0.3 is 0 Å². The van der Waals surface area contributed by atoms with Gasteiger partial charge in [0.1, 0.15) is 0 Å². The number of nitrogens with zero attached hydrogens (tertiary/aromatic N) is 4.